The molecule has 72 valence electrons. The fourth-order valence-electron chi connectivity index (χ4n) is 1.02. The average Bonchev–Trinajstić information content (AvgIpc) is 2.50. The van der Waals surface area contributed by atoms with E-state index < -0.39 is 0 Å². The van der Waals surface area contributed by atoms with Crippen LogP contribution in [0.3, 0.4) is 0 Å². The lowest BCUT2D eigenvalue weighted by atomic mass is 10.5. The maximum atomic E-state index is 5.73. The fourth-order valence-corrected chi connectivity index (χ4v) is 1.45. The Morgan fingerprint density at radius 2 is 1.79 bits per heavy atom. The zero-order chi connectivity index (χ0) is 10.1. The molecule has 0 amide bonds. The van der Waals surface area contributed by atoms with E-state index in [9.17, 15) is 0 Å². The first-order valence-corrected chi connectivity index (χ1v) is 4.63. The van der Waals surface area contributed by atoms with Gasteiger partial charge in [0.15, 0.2) is 11.6 Å². The Hall–Kier alpha value is -1.13. The smallest absolute Gasteiger partial charge is 0.198 e. The Morgan fingerprint density at radius 3 is 2.29 bits per heavy atom. The second-order valence-electron chi connectivity index (χ2n) is 2.73. The summed E-state index contributed by atoms with van der Waals surface area (Å²) in [7, 11) is 0. The zero-order valence-electron chi connectivity index (χ0n) is 7.25. The number of hydrogen-bond acceptors (Lipinski definition) is 3. The van der Waals surface area contributed by atoms with Crippen molar-refractivity contribution in [3.63, 3.8) is 0 Å². The first-order chi connectivity index (χ1) is 6.65. The number of aromatic nitrogens is 4. The molecule has 0 aliphatic carbocycles. The van der Waals surface area contributed by atoms with Gasteiger partial charge in [-0.2, -0.15) is 0 Å². The largest absolute Gasteiger partial charge is 0.342 e. The van der Waals surface area contributed by atoms with Crippen LogP contribution in [0, 0.1) is 6.92 Å². The number of rotatable bonds is 1. The molecule has 0 aliphatic heterocycles. The lowest BCUT2D eigenvalue weighted by molar-refractivity contribution is 1.11. The third-order valence-corrected chi connectivity index (χ3v) is 1.97. The van der Waals surface area contributed by atoms with Crippen LogP contribution in [0.4, 0.5) is 0 Å². The van der Waals surface area contributed by atoms with Crippen LogP contribution in [0.1, 0.15) is 5.69 Å². The standard InChI is InChI=1S/C8H6Cl2N4/c1-4-3-11-7(12-4)8-13-5(9)2-6(10)14-8/h2-3H,1H3,(H,11,12). The summed E-state index contributed by atoms with van der Waals surface area (Å²) in [6, 6.07) is 1.47. The molecular formula is C8H6Cl2N4. The van der Waals surface area contributed by atoms with Gasteiger partial charge in [-0.1, -0.05) is 23.2 Å². The van der Waals surface area contributed by atoms with E-state index in [1.165, 1.54) is 6.07 Å². The Balaban J connectivity index is 2.51. The van der Waals surface area contributed by atoms with E-state index in [4.69, 9.17) is 23.2 Å². The lowest BCUT2D eigenvalue weighted by Crippen LogP contribution is -1.91. The van der Waals surface area contributed by atoms with E-state index >= 15 is 0 Å². The van der Waals surface area contributed by atoms with Crippen molar-refractivity contribution in [2.24, 2.45) is 0 Å². The minimum atomic E-state index is 0.300. The molecule has 0 atom stereocenters. The summed E-state index contributed by atoms with van der Waals surface area (Å²) in [4.78, 5) is 15.1. The highest BCUT2D eigenvalue weighted by Crippen LogP contribution is 2.17. The number of nitrogens with zero attached hydrogens (tertiary/aromatic N) is 3. The van der Waals surface area contributed by atoms with Gasteiger partial charge in [-0.3, -0.25) is 0 Å². The van der Waals surface area contributed by atoms with Crippen molar-refractivity contribution in [3.05, 3.63) is 28.3 Å². The summed E-state index contributed by atoms with van der Waals surface area (Å²) in [6.45, 7) is 1.87. The molecule has 2 aromatic rings. The molecule has 0 fully saturated rings. The third kappa shape index (κ3) is 1.86. The second kappa shape index (κ2) is 3.55. The number of aromatic amines is 1. The van der Waals surface area contributed by atoms with Gasteiger partial charge in [-0.15, -0.1) is 0 Å². The fraction of sp³-hybridized carbons (Fsp3) is 0.125. The van der Waals surface area contributed by atoms with Crippen LogP contribution in [0.5, 0.6) is 0 Å². The predicted octanol–water partition coefficient (Wildman–Crippen LogP) is 2.48. The number of halogens is 2. The van der Waals surface area contributed by atoms with E-state index in [0.29, 0.717) is 22.0 Å². The molecule has 6 heteroatoms. The summed E-state index contributed by atoms with van der Waals surface area (Å²) >= 11 is 11.5. The first-order valence-electron chi connectivity index (χ1n) is 3.87. The lowest BCUT2D eigenvalue weighted by Gasteiger charge is -1.96. The van der Waals surface area contributed by atoms with Gasteiger partial charge in [-0.05, 0) is 6.92 Å². The van der Waals surface area contributed by atoms with Gasteiger partial charge in [-0.25, -0.2) is 15.0 Å². The van der Waals surface area contributed by atoms with E-state index in [1.807, 2.05) is 6.92 Å². The topological polar surface area (TPSA) is 54.5 Å². The predicted molar refractivity (Wildman–Crippen MR) is 54.4 cm³/mol. The molecule has 0 radical (unpaired) electrons. The zero-order valence-corrected chi connectivity index (χ0v) is 8.76. The molecule has 4 nitrogen and oxygen atoms in total. The van der Waals surface area contributed by atoms with Gasteiger partial charge < -0.3 is 4.98 Å². The molecular weight excluding hydrogens is 223 g/mol. The Bertz CT molecular complexity index is 446. The molecule has 0 saturated carbocycles. The SMILES string of the molecule is Cc1c[nH]c(-c2nc(Cl)cc(Cl)n2)n1. The quantitative estimate of drug-likeness (QED) is 0.764. The van der Waals surface area contributed by atoms with Crippen LogP contribution < -0.4 is 0 Å². The number of H-pyrrole nitrogens is 1. The molecule has 2 aromatic heterocycles. The van der Waals surface area contributed by atoms with Crippen molar-refractivity contribution in [1.29, 1.82) is 0 Å². The Labute approximate surface area is 90.3 Å². The van der Waals surface area contributed by atoms with Crippen LogP contribution in [0.25, 0.3) is 11.6 Å². The second-order valence-corrected chi connectivity index (χ2v) is 3.50. The van der Waals surface area contributed by atoms with E-state index in [-0.39, 0.29) is 0 Å². The summed E-state index contributed by atoms with van der Waals surface area (Å²) in [5.41, 5.74) is 0.861. The van der Waals surface area contributed by atoms with E-state index in [0.717, 1.165) is 5.69 Å². The number of hydrogen-bond donors (Lipinski definition) is 1. The molecule has 2 rings (SSSR count). The van der Waals surface area contributed by atoms with Crippen molar-refractivity contribution >= 4 is 23.2 Å². The van der Waals surface area contributed by atoms with Crippen LogP contribution in [-0.4, -0.2) is 19.9 Å². The van der Waals surface area contributed by atoms with Gasteiger partial charge in [0.05, 0.1) is 5.69 Å². The van der Waals surface area contributed by atoms with Gasteiger partial charge in [0.2, 0.25) is 0 Å². The maximum absolute atomic E-state index is 5.73. The highest BCUT2D eigenvalue weighted by Gasteiger charge is 2.07. The molecule has 0 aromatic carbocycles. The number of imidazole rings is 1. The van der Waals surface area contributed by atoms with Crippen molar-refractivity contribution < 1.29 is 0 Å². The first kappa shape index (κ1) is 9.43. The van der Waals surface area contributed by atoms with Crippen molar-refractivity contribution in [2.45, 2.75) is 6.92 Å². The molecule has 14 heavy (non-hydrogen) atoms. The van der Waals surface area contributed by atoms with Crippen LogP contribution in [0.15, 0.2) is 12.3 Å². The molecule has 0 unspecified atom stereocenters. The van der Waals surface area contributed by atoms with Crippen molar-refractivity contribution in [1.82, 2.24) is 19.9 Å². The molecule has 0 aliphatic rings. The average molecular weight is 229 g/mol. The third-order valence-electron chi connectivity index (χ3n) is 1.58. The Morgan fingerprint density at radius 1 is 1.14 bits per heavy atom. The van der Waals surface area contributed by atoms with E-state index in [1.54, 1.807) is 6.20 Å². The molecule has 0 spiro atoms. The van der Waals surface area contributed by atoms with Gasteiger partial charge in [0.25, 0.3) is 0 Å². The summed E-state index contributed by atoms with van der Waals surface area (Å²) in [5.74, 6) is 0.961. The van der Waals surface area contributed by atoms with E-state index in [2.05, 4.69) is 19.9 Å². The van der Waals surface area contributed by atoms with Gasteiger partial charge in [0, 0.05) is 12.3 Å². The van der Waals surface area contributed by atoms with Gasteiger partial charge >= 0.3 is 0 Å². The minimum absolute atomic E-state index is 0.300. The van der Waals surface area contributed by atoms with Crippen molar-refractivity contribution in [3.8, 4) is 11.6 Å². The summed E-state index contributed by atoms with van der Waals surface area (Å²) < 4.78 is 0. The normalized spacial score (nSPS) is 10.5. The maximum Gasteiger partial charge on any atom is 0.198 e. The van der Waals surface area contributed by atoms with Gasteiger partial charge in [0.1, 0.15) is 10.3 Å². The molecule has 0 saturated heterocycles. The highest BCUT2D eigenvalue weighted by molar-refractivity contribution is 6.33. The molecule has 2 heterocycles. The van der Waals surface area contributed by atoms with Crippen molar-refractivity contribution in [2.75, 3.05) is 0 Å². The summed E-state index contributed by atoms with van der Waals surface area (Å²) in [6.07, 6.45) is 1.76. The minimum Gasteiger partial charge on any atom is -0.342 e. The Kier molecular flexibility index (Phi) is 2.39. The van der Waals surface area contributed by atoms with Crippen LogP contribution in [0.2, 0.25) is 10.3 Å². The monoisotopic (exact) mass is 228 g/mol. The van der Waals surface area contributed by atoms with Crippen LogP contribution in [-0.2, 0) is 0 Å². The molecule has 0 bridgehead atoms. The summed E-state index contributed by atoms with van der Waals surface area (Å²) in [5, 5.41) is 0.600. The number of aryl methyl sites for hydroxylation is 1. The highest BCUT2D eigenvalue weighted by atomic mass is 35.5. The number of nitrogens with one attached hydrogen (secondary N) is 1. The van der Waals surface area contributed by atoms with Crippen LogP contribution >= 0.6 is 23.2 Å². The molecule has 1 N–H and O–H groups in total.